The van der Waals surface area contributed by atoms with Crippen molar-refractivity contribution < 1.29 is 4.79 Å². The summed E-state index contributed by atoms with van der Waals surface area (Å²) in [5.41, 5.74) is 6.03. The van der Waals surface area contributed by atoms with Crippen LogP contribution < -0.4 is 16.0 Å². The second-order valence-corrected chi connectivity index (χ2v) is 3.45. The summed E-state index contributed by atoms with van der Waals surface area (Å²) >= 11 is 5.78. The van der Waals surface area contributed by atoms with E-state index in [9.17, 15) is 4.79 Å². The van der Waals surface area contributed by atoms with Crippen molar-refractivity contribution in [1.29, 1.82) is 0 Å². The molecule has 0 radical (unpaired) electrons. The lowest BCUT2D eigenvalue weighted by Crippen LogP contribution is -2.36. The summed E-state index contributed by atoms with van der Waals surface area (Å²) in [6.07, 6.45) is 1.32. The third-order valence-corrected chi connectivity index (χ3v) is 2.41. The smallest absolute Gasteiger partial charge is 0.239 e. The van der Waals surface area contributed by atoms with Gasteiger partial charge in [-0.1, -0.05) is 11.6 Å². The first-order valence-corrected chi connectivity index (χ1v) is 5.19. The Hall–Kier alpha value is -1.56. The van der Waals surface area contributed by atoms with Gasteiger partial charge >= 0.3 is 0 Å². The minimum atomic E-state index is -0.115. The third-order valence-electron chi connectivity index (χ3n) is 2.11. The zero-order valence-corrected chi connectivity index (χ0v) is 9.95. The van der Waals surface area contributed by atoms with Gasteiger partial charge in [0.2, 0.25) is 5.91 Å². The number of hydrogen-bond acceptors (Lipinski definition) is 5. The van der Waals surface area contributed by atoms with Crippen LogP contribution in [0.15, 0.2) is 6.33 Å². The zero-order valence-electron chi connectivity index (χ0n) is 9.20. The molecule has 0 saturated carbocycles. The molecule has 0 fully saturated rings. The van der Waals surface area contributed by atoms with Gasteiger partial charge in [0.15, 0.2) is 11.0 Å². The molecule has 7 heteroatoms. The summed E-state index contributed by atoms with van der Waals surface area (Å²) in [6, 6.07) is 0. The van der Waals surface area contributed by atoms with Gasteiger partial charge in [-0.15, -0.1) is 0 Å². The highest BCUT2D eigenvalue weighted by Crippen LogP contribution is 2.25. The lowest BCUT2D eigenvalue weighted by Gasteiger charge is -2.22. The topological polar surface area (TPSA) is 84.1 Å². The average molecular weight is 244 g/mol. The van der Waals surface area contributed by atoms with Crippen LogP contribution in [0, 0.1) is 0 Å². The number of anilines is 2. The van der Waals surface area contributed by atoms with Crippen molar-refractivity contribution in [1.82, 2.24) is 15.3 Å². The first kappa shape index (κ1) is 12.5. The number of nitrogens with zero attached hydrogens (tertiary/aromatic N) is 3. The highest BCUT2D eigenvalue weighted by atomic mass is 35.5. The Morgan fingerprint density at radius 3 is 2.88 bits per heavy atom. The van der Waals surface area contributed by atoms with Gasteiger partial charge in [0.25, 0.3) is 0 Å². The summed E-state index contributed by atoms with van der Waals surface area (Å²) in [7, 11) is 1.58. The van der Waals surface area contributed by atoms with Gasteiger partial charge in [-0.3, -0.25) is 4.79 Å². The number of rotatable bonds is 4. The summed E-state index contributed by atoms with van der Waals surface area (Å²) in [5, 5.41) is 2.73. The van der Waals surface area contributed by atoms with Crippen LogP contribution in [0.25, 0.3) is 0 Å². The van der Waals surface area contributed by atoms with Gasteiger partial charge in [-0.05, 0) is 6.92 Å². The first-order chi connectivity index (χ1) is 7.60. The molecule has 0 aliphatic heterocycles. The molecule has 0 unspecified atom stereocenters. The van der Waals surface area contributed by atoms with E-state index in [-0.39, 0.29) is 23.3 Å². The number of nitrogens with one attached hydrogen (secondary N) is 1. The summed E-state index contributed by atoms with van der Waals surface area (Å²) in [6.45, 7) is 2.69. The monoisotopic (exact) mass is 243 g/mol. The highest BCUT2D eigenvalue weighted by Gasteiger charge is 2.15. The van der Waals surface area contributed by atoms with Crippen LogP contribution in [0.4, 0.5) is 11.5 Å². The van der Waals surface area contributed by atoms with Crippen molar-refractivity contribution in [3.63, 3.8) is 0 Å². The molecule has 0 bridgehead atoms. The molecule has 1 aromatic heterocycles. The predicted octanol–water partition coefficient (Wildman–Crippen LogP) is 0.285. The SMILES string of the molecule is CCN(CC(=O)NC)c1ncnc(Cl)c1N. The number of amides is 1. The number of halogens is 1. The maximum absolute atomic E-state index is 11.3. The molecule has 1 rings (SSSR count). The maximum atomic E-state index is 11.3. The van der Waals surface area contributed by atoms with Crippen LogP contribution in [0.1, 0.15) is 6.92 Å². The molecule has 0 spiro atoms. The second-order valence-electron chi connectivity index (χ2n) is 3.09. The van der Waals surface area contributed by atoms with E-state index in [1.807, 2.05) is 6.92 Å². The summed E-state index contributed by atoms with van der Waals surface area (Å²) in [5.74, 6) is 0.363. The van der Waals surface area contributed by atoms with Gasteiger partial charge < -0.3 is 16.0 Å². The number of likely N-dealkylation sites (N-methyl/N-ethyl adjacent to an activating group) is 2. The van der Waals surface area contributed by atoms with Crippen LogP contribution >= 0.6 is 11.6 Å². The Kier molecular flexibility index (Phi) is 4.30. The Bertz CT molecular complexity index is 384. The average Bonchev–Trinajstić information content (AvgIpc) is 2.29. The molecule has 0 saturated heterocycles. The summed E-state index contributed by atoms with van der Waals surface area (Å²) in [4.78, 5) is 20.8. The number of carbonyl (C=O) groups excluding carboxylic acids is 1. The van der Waals surface area contributed by atoms with Crippen LogP contribution in [0.5, 0.6) is 0 Å². The molecule has 0 atom stereocenters. The molecule has 0 aliphatic carbocycles. The number of hydrogen-bond donors (Lipinski definition) is 2. The van der Waals surface area contributed by atoms with Crippen LogP contribution in [-0.2, 0) is 4.79 Å². The van der Waals surface area contributed by atoms with Gasteiger partial charge in [0.1, 0.15) is 12.0 Å². The predicted molar refractivity (Wildman–Crippen MR) is 63.4 cm³/mol. The van der Waals surface area contributed by atoms with Crippen molar-refractivity contribution in [2.24, 2.45) is 0 Å². The number of carbonyl (C=O) groups is 1. The molecule has 16 heavy (non-hydrogen) atoms. The minimum absolute atomic E-state index is 0.115. The molecule has 0 aliphatic rings. The fourth-order valence-electron chi connectivity index (χ4n) is 1.21. The zero-order chi connectivity index (χ0) is 12.1. The quantitative estimate of drug-likeness (QED) is 0.743. The standard InChI is InChI=1S/C9H14ClN5O/c1-3-15(4-6(16)12-2)9-7(11)8(10)13-5-14-9/h5H,3-4,11H2,1-2H3,(H,12,16). The lowest BCUT2D eigenvalue weighted by molar-refractivity contribution is -0.119. The fraction of sp³-hybridized carbons (Fsp3) is 0.444. The summed E-state index contributed by atoms with van der Waals surface area (Å²) < 4.78 is 0. The highest BCUT2D eigenvalue weighted by molar-refractivity contribution is 6.32. The van der Waals surface area contributed by atoms with Crippen molar-refractivity contribution >= 4 is 29.0 Å². The van der Waals surface area contributed by atoms with Gasteiger partial charge in [0.05, 0.1) is 6.54 Å². The number of nitrogen functional groups attached to an aromatic ring is 1. The second kappa shape index (κ2) is 5.50. The number of aromatic nitrogens is 2. The van der Waals surface area contributed by atoms with E-state index in [1.165, 1.54) is 6.33 Å². The van der Waals surface area contributed by atoms with Crippen LogP contribution in [0.3, 0.4) is 0 Å². The van der Waals surface area contributed by atoms with E-state index < -0.39 is 0 Å². The Labute approximate surface area is 98.8 Å². The first-order valence-electron chi connectivity index (χ1n) is 4.81. The molecule has 0 aromatic carbocycles. The molecular formula is C9H14ClN5O. The van der Waals surface area contributed by atoms with Crippen LogP contribution in [-0.4, -0.2) is 36.0 Å². The van der Waals surface area contributed by atoms with Crippen molar-refractivity contribution in [3.05, 3.63) is 11.5 Å². The van der Waals surface area contributed by atoms with E-state index in [1.54, 1.807) is 11.9 Å². The van der Waals surface area contributed by atoms with Gasteiger partial charge in [-0.2, -0.15) is 0 Å². The largest absolute Gasteiger partial charge is 0.393 e. The van der Waals surface area contributed by atoms with E-state index in [2.05, 4.69) is 15.3 Å². The fourth-order valence-corrected chi connectivity index (χ4v) is 1.33. The lowest BCUT2D eigenvalue weighted by atomic mass is 10.4. The Balaban J connectivity index is 2.95. The normalized spacial score (nSPS) is 9.94. The van der Waals surface area contributed by atoms with E-state index in [0.29, 0.717) is 12.4 Å². The molecule has 1 amide bonds. The molecule has 6 nitrogen and oxygen atoms in total. The molecule has 1 aromatic rings. The Morgan fingerprint density at radius 2 is 2.31 bits per heavy atom. The van der Waals surface area contributed by atoms with Gasteiger partial charge in [0, 0.05) is 13.6 Å². The van der Waals surface area contributed by atoms with Crippen molar-refractivity contribution in [2.75, 3.05) is 30.8 Å². The van der Waals surface area contributed by atoms with Crippen molar-refractivity contribution in [3.8, 4) is 0 Å². The van der Waals surface area contributed by atoms with E-state index >= 15 is 0 Å². The third kappa shape index (κ3) is 2.73. The minimum Gasteiger partial charge on any atom is -0.393 e. The Morgan fingerprint density at radius 1 is 1.62 bits per heavy atom. The van der Waals surface area contributed by atoms with E-state index in [4.69, 9.17) is 17.3 Å². The van der Waals surface area contributed by atoms with Crippen LogP contribution in [0.2, 0.25) is 5.15 Å². The van der Waals surface area contributed by atoms with E-state index in [0.717, 1.165) is 0 Å². The number of nitrogens with two attached hydrogens (primary N) is 1. The van der Waals surface area contributed by atoms with Gasteiger partial charge in [-0.25, -0.2) is 9.97 Å². The maximum Gasteiger partial charge on any atom is 0.239 e. The van der Waals surface area contributed by atoms with Crippen molar-refractivity contribution in [2.45, 2.75) is 6.92 Å². The molecule has 3 N–H and O–H groups in total. The molecule has 1 heterocycles. The molecular weight excluding hydrogens is 230 g/mol. The molecule has 88 valence electrons.